The smallest absolute Gasteiger partial charge is 0.307 e. The Morgan fingerprint density at radius 3 is 2.32 bits per heavy atom. The van der Waals surface area contributed by atoms with Crippen LogP contribution in [0.4, 0.5) is 0 Å². The maximum atomic E-state index is 12.0. The first-order chi connectivity index (χ1) is 9.04. The van der Waals surface area contributed by atoms with Crippen molar-refractivity contribution in [3.63, 3.8) is 0 Å². The molecular weight excluding hydrogens is 248 g/mol. The Hall–Kier alpha value is -1.59. The number of carbonyl (C=O) groups is 3. The van der Waals surface area contributed by atoms with Gasteiger partial charge in [-0.2, -0.15) is 0 Å². The molecule has 1 saturated carbocycles. The van der Waals surface area contributed by atoms with Crippen molar-refractivity contribution in [1.29, 1.82) is 0 Å². The van der Waals surface area contributed by atoms with Crippen molar-refractivity contribution in [2.45, 2.75) is 26.2 Å². The van der Waals surface area contributed by atoms with Crippen molar-refractivity contribution in [3.05, 3.63) is 0 Å². The van der Waals surface area contributed by atoms with Crippen molar-refractivity contribution < 1.29 is 19.5 Å². The highest BCUT2D eigenvalue weighted by atomic mass is 16.4. The van der Waals surface area contributed by atoms with Gasteiger partial charge in [-0.05, 0) is 26.2 Å². The van der Waals surface area contributed by atoms with E-state index in [9.17, 15) is 14.4 Å². The first-order valence-corrected chi connectivity index (χ1v) is 6.84. The Morgan fingerprint density at radius 2 is 1.84 bits per heavy atom. The molecule has 2 aliphatic rings. The first-order valence-electron chi connectivity index (χ1n) is 6.84. The van der Waals surface area contributed by atoms with Crippen LogP contribution in [0.5, 0.6) is 0 Å². The van der Waals surface area contributed by atoms with Crippen molar-refractivity contribution in [2.75, 3.05) is 19.6 Å². The molecule has 0 spiro atoms. The van der Waals surface area contributed by atoms with Crippen LogP contribution in [-0.4, -0.2) is 47.4 Å². The third kappa shape index (κ3) is 3.05. The van der Waals surface area contributed by atoms with E-state index in [1.807, 2.05) is 6.92 Å². The molecule has 2 N–H and O–H groups in total. The van der Waals surface area contributed by atoms with E-state index in [-0.39, 0.29) is 23.7 Å². The zero-order valence-electron chi connectivity index (χ0n) is 11.1. The molecule has 0 aromatic heterocycles. The predicted molar refractivity (Wildman–Crippen MR) is 67.2 cm³/mol. The fourth-order valence-electron chi connectivity index (χ4n) is 2.66. The Kier molecular flexibility index (Phi) is 4.07. The fraction of sp³-hybridized carbons (Fsp3) is 0.769. The fourth-order valence-corrected chi connectivity index (χ4v) is 2.66. The van der Waals surface area contributed by atoms with Crippen LogP contribution in [0, 0.1) is 17.8 Å². The number of carbonyl (C=O) groups excluding carboxylic acids is 2. The van der Waals surface area contributed by atoms with Crippen LogP contribution in [0.2, 0.25) is 0 Å². The Labute approximate surface area is 112 Å². The summed E-state index contributed by atoms with van der Waals surface area (Å²) in [5.41, 5.74) is 0. The van der Waals surface area contributed by atoms with E-state index in [0.29, 0.717) is 38.9 Å². The maximum Gasteiger partial charge on any atom is 0.307 e. The molecule has 0 aromatic carbocycles. The summed E-state index contributed by atoms with van der Waals surface area (Å²) < 4.78 is 0. The summed E-state index contributed by atoms with van der Waals surface area (Å²) in [6, 6.07) is 0. The molecule has 0 aromatic rings. The largest absolute Gasteiger partial charge is 0.481 e. The van der Waals surface area contributed by atoms with Gasteiger partial charge >= 0.3 is 5.97 Å². The second-order valence-corrected chi connectivity index (χ2v) is 5.28. The molecule has 2 atom stereocenters. The molecule has 1 saturated heterocycles. The van der Waals surface area contributed by atoms with Crippen molar-refractivity contribution >= 4 is 17.8 Å². The average Bonchev–Trinajstić information content (AvgIpc) is 3.19. The van der Waals surface area contributed by atoms with Crippen LogP contribution < -0.4 is 5.32 Å². The van der Waals surface area contributed by atoms with Crippen LogP contribution in [0.3, 0.4) is 0 Å². The highest BCUT2D eigenvalue weighted by molar-refractivity contribution is 5.89. The zero-order valence-corrected chi connectivity index (χ0v) is 11.1. The topological polar surface area (TPSA) is 86.7 Å². The molecule has 1 aliphatic heterocycles. The molecule has 2 fully saturated rings. The second-order valence-electron chi connectivity index (χ2n) is 5.28. The average molecular weight is 268 g/mol. The van der Waals surface area contributed by atoms with Gasteiger partial charge in [0.05, 0.1) is 11.8 Å². The molecule has 0 radical (unpaired) electrons. The van der Waals surface area contributed by atoms with Gasteiger partial charge in [0.2, 0.25) is 11.8 Å². The van der Waals surface area contributed by atoms with E-state index in [2.05, 4.69) is 5.32 Å². The van der Waals surface area contributed by atoms with E-state index < -0.39 is 11.9 Å². The lowest BCUT2D eigenvalue weighted by Crippen LogP contribution is -2.43. The van der Waals surface area contributed by atoms with E-state index in [1.165, 1.54) is 0 Å². The van der Waals surface area contributed by atoms with E-state index in [0.717, 1.165) is 0 Å². The lowest BCUT2D eigenvalue weighted by atomic mass is 9.95. The number of aliphatic carboxylic acids is 1. The second kappa shape index (κ2) is 5.59. The normalized spacial score (nSPS) is 26.9. The lowest BCUT2D eigenvalue weighted by molar-refractivity contribution is -0.142. The molecule has 1 aliphatic carbocycles. The van der Waals surface area contributed by atoms with Gasteiger partial charge in [-0.25, -0.2) is 0 Å². The summed E-state index contributed by atoms with van der Waals surface area (Å²) in [7, 11) is 0. The molecule has 106 valence electrons. The molecule has 6 heteroatoms. The van der Waals surface area contributed by atoms with Crippen LogP contribution in [0.25, 0.3) is 0 Å². The maximum absolute atomic E-state index is 12.0. The summed E-state index contributed by atoms with van der Waals surface area (Å²) in [6.07, 6.45) is 1.80. The van der Waals surface area contributed by atoms with Crippen LogP contribution in [-0.2, 0) is 14.4 Å². The first kappa shape index (κ1) is 13.8. The van der Waals surface area contributed by atoms with E-state index in [1.54, 1.807) is 4.90 Å². The van der Waals surface area contributed by atoms with Crippen molar-refractivity contribution in [1.82, 2.24) is 10.2 Å². The Balaban J connectivity index is 1.79. The number of carboxylic acids is 1. The highest BCUT2D eigenvalue weighted by Gasteiger charge is 2.50. The molecule has 19 heavy (non-hydrogen) atoms. The van der Waals surface area contributed by atoms with Crippen LogP contribution >= 0.6 is 0 Å². The predicted octanol–water partition coefficient (Wildman–Crippen LogP) is 0.0818. The Bertz CT molecular complexity index is 388. The van der Waals surface area contributed by atoms with Gasteiger partial charge in [-0.15, -0.1) is 0 Å². The van der Waals surface area contributed by atoms with Crippen molar-refractivity contribution in [3.8, 4) is 0 Å². The number of rotatable bonds is 4. The van der Waals surface area contributed by atoms with Gasteiger partial charge in [-0.1, -0.05) is 0 Å². The van der Waals surface area contributed by atoms with Gasteiger partial charge in [-0.3, -0.25) is 14.4 Å². The monoisotopic (exact) mass is 268 g/mol. The molecule has 2 unspecified atom stereocenters. The van der Waals surface area contributed by atoms with Gasteiger partial charge in [0.15, 0.2) is 0 Å². The zero-order chi connectivity index (χ0) is 14.0. The van der Waals surface area contributed by atoms with E-state index in [4.69, 9.17) is 5.11 Å². The standard InChI is InChI=1S/C13H20N2O4/c1-2-14-11(16)8-3-5-15(6-4-8)12(17)9-7-10(9)13(18)19/h8-10H,2-7H2,1H3,(H,14,16)(H,18,19). The van der Waals surface area contributed by atoms with E-state index >= 15 is 0 Å². The van der Waals surface area contributed by atoms with Crippen LogP contribution in [0.1, 0.15) is 26.2 Å². The number of likely N-dealkylation sites (tertiary alicyclic amines) is 1. The third-order valence-corrected chi connectivity index (χ3v) is 3.95. The molecule has 2 amide bonds. The summed E-state index contributed by atoms with van der Waals surface area (Å²) in [6.45, 7) is 3.63. The summed E-state index contributed by atoms with van der Waals surface area (Å²) in [5.74, 6) is -1.72. The number of nitrogens with one attached hydrogen (secondary N) is 1. The molecular formula is C13H20N2O4. The molecule has 2 rings (SSSR count). The number of amides is 2. The van der Waals surface area contributed by atoms with Gasteiger partial charge in [0.25, 0.3) is 0 Å². The molecule has 0 bridgehead atoms. The van der Waals surface area contributed by atoms with Gasteiger partial charge < -0.3 is 15.3 Å². The van der Waals surface area contributed by atoms with Gasteiger partial charge in [0, 0.05) is 25.6 Å². The highest BCUT2D eigenvalue weighted by Crippen LogP contribution is 2.40. The minimum absolute atomic E-state index is 0.0153. The van der Waals surface area contributed by atoms with Crippen molar-refractivity contribution in [2.24, 2.45) is 17.8 Å². The Morgan fingerprint density at radius 1 is 1.21 bits per heavy atom. The summed E-state index contributed by atoms with van der Waals surface area (Å²) >= 11 is 0. The molecule has 6 nitrogen and oxygen atoms in total. The third-order valence-electron chi connectivity index (χ3n) is 3.95. The number of nitrogens with zero attached hydrogens (tertiary/aromatic N) is 1. The minimum atomic E-state index is -0.879. The summed E-state index contributed by atoms with van der Waals surface area (Å²) in [4.78, 5) is 36.2. The number of piperidine rings is 1. The molecule has 1 heterocycles. The number of hydrogen-bond donors (Lipinski definition) is 2. The minimum Gasteiger partial charge on any atom is -0.481 e. The lowest BCUT2D eigenvalue weighted by Gasteiger charge is -2.31. The number of carboxylic acid groups (broad SMARTS) is 1. The quantitative estimate of drug-likeness (QED) is 0.756. The van der Waals surface area contributed by atoms with Gasteiger partial charge in [0.1, 0.15) is 0 Å². The SMILES string of the molecule is CCNC(=O)C1CCN(C(=O)C2CC2C(=O)O)CC1. The van der Waals surface area contributed by atoms with Crippen LogP contribution in [0.15, 0.2) is 0 Å². The summed E-state index contributed by atoms with van der Waals surface area (Å²) in [5, 5.41) is 11.6. The number of hydrogen-bond acceptors (Lipinski definition) is 3.